The standard InChI is InChI=1S/C18H26N4O/c1-4-13(2)14(3)21-18(23)20-12-11-19-17-10-9-15-7-5-6-8-16(15)22-17/h5-10,13-14H,4,11-12H2,1-3H3,(H,19,22)(H2,20,21,23). The molecule has 0 aliphatic heterocycles. The van der Waals surface area contributed by atoms with E-state index in [2.05, 4.69) is 34.8 Å². The van der Waals surface area contributed by atoms with Crippen molar-refractivity contribution in [3.05, 3.63) is 36.4 Å². The number of aromatic nitrogens is 1. The number of hydrogen-bond acceptors (Lipinski definition) is 3. The molecular weight excluding hydrogens is 288 g/mol. The molecule has 5 heteroatoms. The molecule has 1 aromatic carbocycles. The van der Waals surface area contributed by atoms with Crippen molar-refractivity contribution in [2.75, 3.05) is 18.4 Å². The van der Waals surface area contributed by atoms with Gasteiger partial charge in [-0.05, 0) is 31.0 Å². The highest BCUT2D eigenvalue weighted by Crippen LogP contribution is 2.14. The second kappa shape index (κ2) is 8.36. The fourth-order valence-electron chi connectivity index (χ4n) is 2.28. The molecule has 1 heterocycles. The van der Waals surface area contributed by atoms with E-state index in [0.29, 0.717) is 19.0 Å². The summed E-state index contributed by atoms with van der Waals surface area (Å²) >= 11 is 0. The molecule has 0 spiro atoms. The summed E-state index contributed by atoms with van der Waals surface area (Å²) in [6.45, 7) is 7.48. The van der Waals surface area contributed by atoms with Gasteiger partial charge in [0.2, 0.25) is 0 Å². The van der Waals surface area contributed by atoms with E-state index in [0.717, 1.165) is 23.1 Å². The summed E-state index contributed by atoms with van der Waals surface area (Å²) in [4.78, 5) is 16.3. The molecule has 0 radical (unpaired) electrons. The predicted octanol–water partition coefficient (Wildman–Crippen LogP) is 3.38. The first kappa shape index (κ1) is 17.1. The Balaban J connectivity index is 1.73. The summed E-state index contributed by atoms with van der Waals surface area (Å²) < 4.78 is 0. The second-order valence-corrected chi connectivity index (χ2v) is 5.89. The van der Waals surface area contributed by atoms with Crippen molar-refractivity contribution in [3.63, 3.8) is 0 Å². The molecule has 0 saturated carbocycles. The van der Waals surface area contributed by atoms with Crippen molar-refractivity contribution in [2.24, 2.45) is 5.92 Å². The van der Waals surface area contributed by atoms with Crippen LogP contribution in [0.25, 0.3) is 10.9 Å². The van der Waals surface area contributed by atoms with Crippen LogP contribution in [-0.2, 0) is 0 Å². The molecule has 124 valence electrons. The molecule has 1 aromatic heterocycles. The van der Waals surface area contributed by atoms with Crippen molar-refractivity contribution < 1.29 is 4.79 Å². The summed E-state index contributed by atoms with van der Waals surface area (Å²) in [5.41, 5.74) is 0.964. The van der Waals surface area contributed by atoms with Gasteiger partial charge in [-0.3, -0.25) is 0 Å². The Morgan fingerprint density at radius 3 is 2.70 bits per heavy atom. The summed E-state index contributed by atoms with van der Waals surface area (Å²) in [5.74, 6) is 1.29. The predicted molar refractivity (Wildman–Crippen MR) is 95.7 cm³/mol. The Kier molecular flexibility index (Phi) is 6.20. The first-order valence-corrected chi connectivity index (χ1v) is 8.24. The molecule has 2 unspecified atom stereocenters. The van der Waals surface area contributed by atoms with E-state index in [-0.39, 0.29) is 12.1 Å². The quantitative estimate of drug-likeness (QED) is 0.686. The Morgan fingerprint density at radius 1 is 1.13 bits per heavy atom. The van der Waals surface area contributed by atoms with Gasteiger partial charge >= 0.3 is 6.03 Å². The average Bonchev–Trinajstić information content (AvgIpc) is 2.57. The SMILES string of the molecule is CCC(C)C(C)NC(=O)NCCNc1ccc2ccccc2n1. The van der Waals surface area contributed by atoms with Crippen LogP contribution in [0.4, 0.5) is 10.6 Å². The Morgan fingerprint density at radius 2 is 1.91 bits per heavy atom. The zero-order valence-electron chi connectivity index (χ0n) is 14.1. The number of carbonyl (C=O) groups excluding carboxylic acids is 1. The van der Waals surface area contributed by atoms with E-state index in [1.165, 1.54) is 0 Å². The topological polar surface area (TPSA) is 66.1 Å². The van der Waals surface area contributed by atoms with E-state index in [9.17, 15) is 4.79 Å². The number of carbonyl (C=O) groups is 1. The van der Waals surface area contributed by atoms with Gasteiger partial charge in [-0.2, -0.15) is 0 Å². The Bertz CT molecular complexity index is 644. The fraction of sp³-hybridized carbons (Fsp3) is 0.444. The maximum atomic E-state index is 11.8. The van der Waals surface area contributed by atoms with Crippen molar-refractivity contribution >= 4 is 22.8 Å². The van der Waals surface area contributed by atoms with E-state index in [4.69, 9.17) is 0 Å². The number of para-hydroxylation sites is 1. The van der Waals surface area contributed by atoms with Crippen molar-refractivity contribution in [2.45, 2.75) is 33.2 Å². The molecule has 3 N–H and O–H groups in total. The third kappa shape index (κ3) is 5.13. The highest BCUT2D eigenvalue weighted by Gasteiger charge is 2.12. The first-order chi connectivity index (χ1) is 11.1. The van der Waals surface area contributed by atoms with E-state index in [1.54, 1.807) is 0 Å². The van der Waals surface area contributed by atoms with Crippen LogP contribution in [0.1, 0.15) is 27.2 Å². The summed E-state index contributed by atoms with van der Waals surface area (Å²) in [5, 5.41) is 10.2. The fourth-order valence-corrected chi connectivity index (χ4v) is 2.28. The van der Waals surface area contributed by atoms with Gasteiger partial charge in [-0.25, -0.2) is 9.78 Å². The van der Waals surface area contributed by atoms with Crippen LogP contribution >= 0.6 is 0 Å². The maximum absolute atomic E-state index is 11.8. The smallest absolute Gasteiger partial charge is 0.315 e. The van der Waals surface area contributed by atoms with Gasteiger partial charge < -0.3 is 16.0 Å². The zero-order chi connectivity index (χ0) is 16.7. The number of anilines is 1. The normalized spacial score (nSPS) is 13.3. The molecule has 0 fully saturated rings. The van der Waals surface area contributed by atoms with Crippen LogP contribution in [0.2, 0.25) is 0 Å². The lowest BCUT2D eigenvalue weighted by Crippen LogP contribution is -2.44. The molecule has 2 atom stereocenters. The minimum atomic E-state index is -0.119. The summed E-state index contributed by atoms with van der Waals surface area (Å²) in [6, 6.07) is 12.1. The molecule has 0 aliphatic carbocycles. The molecule has 0 saturated heterocycles. The molecule has 0 bridgehead atoms. The van der Waals surface area contributed by atoms with Crippen LogP contribution in [0.15, 0.2) is 36.4 Å². The maximum Gasteiger partial charge on any atom is 0.315 e. The lowest BCUT2D eigenvalue weighted by Gasteiger charge is -2.20. The second-order valence-electron chi connectivity index (χ2n) is 5.89. The van der Waals surface area contributed by atoms with Crippen LogP contribution < -0.4 is 16.0 Å². The first-order valence-electron chi connectivity index (χ1n) is 8.24. The Labute approximate surface area is 137 Å². The highest BCUT2D eigenvalue weighted by atomic mass is 16.2. The summed E-state index contributed by atoms with van der Waals surface area (Å²) in [6.07, 6.45) is 1.05. The van der Waals surface area contributed by atoms with E-state index >= 15 is 0 Å². The third-order valence-electron chi connectivity index (χ3n) is 4.17. The van der Waals surface area contributed by atoms with Crippen molar-refractivity contribution in [3.8, 4) is 0 Å². The lowest BCUT2D eigenvalue weighted by atomic mass is 10.0. The highest BCUT2D eigenvalue weighted by molar-refractivity contribution is 5.80. The van der Waals surface area contributed by atoms with Crippen LogP contribution in [0, 0.1) is 5.92 Å². The minimum absolute atomic E-state index is 0.119. The molecule has 2 amide bonds. The van der Waals surface area contributed by atoms with Gasteiger partial charge in [0.05, 0.1) is 5.52 Å². The number of nitrogens with one attached hydrogen (secondary N) is 3. The summed E-state index contributed by atoms with van der Waals surface area (Å²) in [7, 11) is 0. The van der Waals surface area contributed by atoms with E-state index in [1.807, 2.05) is 43.3 Å². The largest absolute Gasteiger partial charge is 0.368 e. The van der Waals surface area contributed by atoms with Crippen molar-refractivity contribution in [1.29, 1.82) is 0 Å². The molecule has 2 aromatic rings. The number of fused-ring (bicyclic) bond motifs is 1. The molecular formula is C18H26N4O. The Hall–Kier alpha value is -2.30. The number of rotatable bonds is 7. The van der Waals surface area contributed by atoms with Gasteiger partial charge in [-0.15, -0.1) is 0 Å². The van der Waals surface area contributed by atoms with Gasteiger partial charge in [0.15, 0.2) is 0 Å². The number of nitrogens with zero attached hydrogens (tertiary/aromatic N) is 1. The molecule has 2 rings (SSSR count). The number of benzene rings is 1. The molecule has 23 heavy (non-hydrogen) atoms. The van der Waals surface area contributed by atoms with Crippen LogP contribution in [0.5, 0.6) is 0 Å². The van der Waals surface area contributed by atoms with Gasteiger partial charge in [-0.1, -0.05) is 38.5 Å². The number of hydrogen-bond donors (Lipinski definition) is 3. The lowest BCUT2D eigenvalue weighted by molar-refractivity contribution is 0.233. The van der Waals surface area contributed by atoms with E-state index < -0.39 is 0 Å². The number of urea groups is 1. The monoisotopic (exact) mass is 314 g/mol. The average molecular weight is 314 g/mol. The van der Waals surface area contributed by atoms with Crippen LogP contribution in [0.3, 0.4) is 0 Å². The van der Waals surface area contributed by atoms with Gasteiger partial charge in [0.1, 0.15) is 5.82 Å². The number of amides is 2. The van der Waals surface area contributed by atoms with Gasteiger partial charge in [0, 0.05) is 24.5 Å². The minimum Gasteiger partial charge on any atom is -0.368 e. The third-order valence-corrected chi connectivity index (χ3v) is 4.17. The van der Waals surface area contributed by atoms with Crippen molar-refractivity contribution in [1.82, 2.24) is 15.6 Å². The van der Waals surface area contributed by atoms with Crippen LogP contribution in [-0.4, -0.2) is 30.1 Å². The molecule has 0 aliphatic rings. The zero-order valence-corrected chi connectivity index (χ0v) is 14.1. The molecule has 5 nitrogen and oxygen atoms in total. The number of pyridine rings is 1. The van der Waals surface area contributed by atoms with Gasteiger partial charge in [0.25, 0.3) is 0 Å².